The van der Waals surface area contributed by atoms with Crippen molar-refractivity contribution >= 4 is 17.3 Å². The molecule has 0 aliphatic rings. The highest BCUT2D eigenvalue weighted by atomic mass is 35.5. The van der Waals surface area contributed by atoms with Crippen LogP contribution in [0.4, 0.5) is 5.69 Å². The predicted octanol–water partition coefficient (Wildman–Crippen LogP) is 1.62. The summed E-state index contributed by atoms with van der Waals surface area (Å²) in [7, 11) is 3.80. The second kappa shape index (κ2) is 3.55. The van der Waals surface area contributed by atoms with E-state index in [1.165, 1.54) is 0 Å². The van der Waals surface area contributed by atoms with Crippen LogP contribution in [-0.4, -0.2) is 24.1 Å². The van der Waals surface area contributed by atoms with Gasteiger partial charge in [-0.05, 0) is 6.07 Å². The molecule has 0 saturated heterocycles. The Morgan fingerprint density at radius 3 is 2.82 bits per heavy atom. The summed E-state index contributed by atoms with van der Waals surface area (Å²) < 4.78 is 0. The van der Waals surface area contributed by atoms with Gasteiger partial charge in [-0.15, -0.1) is 0 Å². The van der Waals surface area contributed by atoms with E-state index < -0.39 is 0 Å². The highest BCUT2D eigenvalue weighted by Crippen LogP contribution is 2.18. The summed E-state index contributed by atoms with van der Waals surface area (Å²) >= 11 is 5.82. The smallest absolute Gasteiger partial charge is 0.0833 e. The zero-order valence-electron chi connectivity index (χ0n) is 6.50. The maximum Gasteiger partial charge on any atom is 0.0833 e. The molecule has 4 heteroatoms. The molecule has 1 heterocycles. The van der Waals surface area contributed by atoms with Crippen molar-refractivity contribution in [3.63, 3.8) is 0 Å². The number of hydrogen-bond donors (Lipinski definition) is 1. The van der Waals surface area contributed by atoms with Crippen LogP contribution < -0.4 is 5.43 Å². The fraction of sp³-hybridized carbons (Fsp3) is 0.286. The number of halogens is 1. The molecule has 0 atom stereocenters. The average molecular weight is 172 g/mol. The lowest BCUT2D eigenvalue weighted by Gasteiger charge is -2.13. The van der Waals surface area contributed by atoms with Crippen molar-refractivity contribution in [3.8, 4) is 0 Å². The van der Waals surface area contributed by atoms with Gasteiger partial charge in [0, 0.05) is 26.5 Å². The summed E-state index contributed by atoms with van der Waals surface area (Å²) in [5, 5.41) is 2.45. The Bertz CT molecular complexity index is 237. The number of anilines is 1. The van der Waals surface area contributed by atoms with Crippen LogP contribution in [0.3, 0.4) is 0 Å². The van der Waals surface area contributed by atoms with E-state index in [2.05, 4.69) is 10.4 Å². The molecule has 1 aromatic rings. The molecule has 0 bridgehead atoms. The van der Waals surface area contributed by atoms with Gasteiger partial charge in [0.1, 0.15) is 0 Å². The fourth-order valence-corrected chi connectivity index (χ4v) is 0.868. The van der Waals surface area contributed by atoms with Gasteiger partial charge in [-0.2, -0.15) is 0 Å². The average Bonchev–Trinajstić information content (AvgIpc) is 1.93. The Balaban J connectivity index is 2.78. The van der Waals surface area contributed by atoms with Crippen LogP contribution in [0, 0.1) is 0 Å². The SMILES string of the molecule is CN(C)Nc1ccncc1Cl. The van der Waals surface area contributed by atoms with E-state index >= 15 is 0 Å². The minimum atomic E-state index is 0.626. The van der Waals surface area contributed by atoms with Crippen molar-refractivity contribution < 1.29 is 0 Å². The highest BCUT2D eigenvalue weighted by molar-refractivity contribution is 6.33. The third-order valence-electron chi connectivity index (χ3n) is 1.12. The first-order chi connectivity index (χ1) is 5.20. The van der Waals surface area contributed by atoms with Crippen molar-refractivity contribution in [2.24, 2.45) is 0 Å². The number of hydrogen-bond acceptors (Lipinski definition) is 3. The van der Waals surface area contributed by atoms with Gasteiger partial charge in [0.05, 0.1) is 10.7 Å². The van der Waals surface area contributed by atoms with Gasteiger partial charge in [0.15, 0.2) is 0 Å². The summed E-state index contributed by atoms with van der Waals surface area (Å²) in [4.78, 5) is 3.86. The van der Waals surface area contributed by atoms with Crippen LogP contribution in [-0.2, 0) is 0 Å². The molecule has 0 radical (unpaired) electrons. The molecule has 3 nitrogen and oxygen atoms in total. The molecule has 0 saturated carbocycles. The van der Waals surface area contributed by atoms with Gasteiger partial charge >= 0.3 is 0 Å². The molecular formula is C7H10ClN3. The Morgan fingerprint density at radius 2 is 2.27 bits per heavy atom. The van der Waals surface area contributed by atoms with Crippen molar-refractivity contribution in [2.75, 3.05) is 19.5 Å². The highest BCUT2D eigenvalue weighted by Gasteiger charge is 1.97. The van der Waals surface area contributed by atoms with Gasteiger partial charge in [-0.3, -0.25) is 4.98 Å². The Labute approximate surface area is 71.0 Å². The van der Waals surface area contributed by atoms with E-state index in [1.807, 2.05) is 25.2 Å². The lowest BCUT2D eigenvalue weighted by molar-refractivity contribution is 0.495. The van der Waals surface area contributed by atoms with E-state index in [9.17, 15) is 0 Å². The second-order valence-electron chi connectivity index (χ2n) is 2.36. The summed E-state index contributed by atoms with van der Waals surface area (Å²) in [6.45, 7) is 0. The summed E-state index contributed by atoms with van der Waals surface area (Å²) in [5.41, 5.74) is 3.90. The molecule has 0 fully saturated rings. The summed E-state index contributed by atoms with van der Waals surface area (Å²) in [5.74, 6) is 0. The van der Waals surface area contributed by atoms with E-state index in [4.69, 9.17) is 11.6 Å². The maximum absolute atomic E-state index is 5.82. The minimum absolute atomic E-state index is 0.626. The van der Waals surface area contributed by atoms with Gasteiger partial charge in [0.25, 0.3) is 0 Å². The third-order valence-corrected chi connectivity index (χ3v) is 1.42. The Kier molecular flexibility index (Phi) is 2.68. The standard InChI is InChI=1S/C7H10ClN3/c1-11(2)10-7-3-4-9-5-6(7)8/h3-5H,1-2H3,(H,9,10). The van der Waals surface area contributed by atoms with Crippen LogP contribution in [0.5, 0.6) is 0 Å². The summed E-state index contributed by atoms with van der Waals surface area (Å²) in [6, 6.07) is 1.82. The molecule has 0 unspecified atom stereocenters. The molecule has 0 aliphatic heterocycles. The molecule has 1 aromatic heterocycles. The zero-order chi connectivity index (χ0) is 8.27. The van der Waals surface area contributed by atoms with E-state index in [1.54, 1.807) is 12.4 Å². The predicted molar refractivity (Wildman–Crippen MR) is 46.6 cm³/mol. The normalized spacial score (nSPS) is 10.2. The molecule has 1 N–H and O–H groups in total. The molecule has 11 heavy (non-hydrogen) atoms. The Hall–Kier alpha value is -0.800. The lowest BCUT2D eigenvalue weighted by Crippen LogP contribution is -2.19. The largest absolute Gasteiger partial charge is 0.318 e. The number of nitrogens with zero attached hydrogens (tertiary/aromatic N) is 2. The van der Waals surface area contributed by atoms with E-state index in [0.29, 0.717) is 5.02 Å². The van der Waals surface area contributed by atoms with Gasteiger partial charge in [-0.25, -0.2) is 5.01 Å². The monoisotopic (exact) mass is 171 g/mol. The first kappa shape index (κ1) is 8.30. The molecule has 0 aromatic carbocycles. The molecule has 0 aliphatic carbocycles. The van der Waals surface area contributed by atoms with Crippen molar-refractivity contribution in [1.29, 1.82) is 0 Å². The minimum Gasteiger partial charge on any atom is -0.318 e. The van der Waals surface area contributed by atoms with Gasteiger partial charge in [-0.1, -0.05) is 11.6 Å². The molecule has 60 valence electrons. The van der Waals surface area contributed by atoms with Crippen molar-refractivity contribution in [1.82, 2.24) is 9.99 Å². The molecule has 0 amide bonds. The van der Waals surface area contributed by atoms with Crippen molar-refractivity contribution in [2.45, 2.75) is 0 Å². The molecular weight excluding hydrogens is 162 g/mol. The topological polar surface area (TPSA) is 28.2 Å². The van der Waals surface area contributed by atoms with Gasteiger partial charge < -0.3 is 5.43 Å². The van der Waals surface area contributed by atoms with Crippen LogP contribution in [0.15, 0.2) is 18.5 Å². The van der Waals surface area contributed by atoms with Crippen LogP contribution in [0.25, 0.3) is 0 Å². The third kappa shape index (κ3) is 2.37. The lowest BCUT2D eigenvalue weighted by atomic mass is 10.4. The number of rotatable bonds is 2. The first-order valence-corrected chi connectivity index (χ1v) is 3.61. The first-order valence-electron chi connectivity index (χ1n) is 3.23. The maximum atomic E-state index is 5.82. The summed E-state index contributed by atoms with van der Waals surface area (Å²) in [6.07, 6.45) is 3.30. The van der Waals surface area contributed by atoms with Crippen LogP contribution in [0.2, 0.25) is 5.02 Å². The van der Waals surface area contributed by atoms with Crippen LogP contribution >= 0.6 is 11.6 Å². The van der Waals surface area contributed by atoms with Crippen molar-refractivity contribution in [3.05, 3.63) is 23.5 Å². The van der Waals surface area contributed by atoms with E-state index in [-0.39, 0.29) is 0 Å². The number of aromatic nitrogens is 1. The molecule has 0 spiro atoms. The van der Waals surface area contributed by atoms with E-state index in [0.717, 1.165) is 5.69 Å². The quantitative estimate of drug-likeness (QED) is 0.686. The number of hydrazine groups is 1. The number of nitrogens with one attached hydrogen (secondary N) is 1. The van der Waals surface area contributed by atoms with Gasteiger partial charge in [0.2, 0.25) is 0 Å². The second-order valence-corrected chi connectivity index (χ2v) is 2.77. The molecule has 1 rings (SSSR count). The number of pyridine rings is 1. The fourth-order valence-electron chi connectivity index (χ4n) is 0.707. The zero-order valence-corrected chi connectivity index (χ0v) is 7.26. The Morgan fingerprint density at radius 1 is 1.55 bits per heavy atom. The van der Waals surface area contributed by atoms with Crippen LogP contribution in [0.1, 0.15) is 0 Å².